The first kappa shape index (κ1) is 19.9. The van der Waals surface area contributed by atoms with E-state index >= 15 is 0 Å². The normalized spacial score (nSPS) is 14.8. The Hall–Kier alpha value is -1.82. The smallest absolute Gasteiger partial charge is 0.258 e. The molecular formula is C19H16Cl3FN2O2. The van der Waals surface area contributed by atoms with Crippen molar-refractivity contribution in [2.75, 3.05) is 26.2 Å². The quantitative estimate of drug-likeness (QED) is 0.690. The maximum absolute atomic E-state index is 14.0. The van der Waals surface area contributed by atoms with E-state index in [0.717, 1.165) is 0 Å². The summed E-state index contributed by atoms with van der Waals surface area (Å²) in [4.78, 5) is 28.6. The van der Waals surface area contributed by atoms with E-state index in [-0.39, 0.29) is 23.0 Å². The summed E-state index contributed by atoms with van der Waals surface area (Å²) in [5, 5.41) is 0.763. The number of hydrogen-bond acceptors (Lipinski definition) is 2. The first-order valence-corrected chi connectivity index (χ1v) is 9.49. The molecule has 4 nitrogen and oxygen atoms in total. The summed E-state index contributed by atoms with van der Waals surface area (Å²) in [5.74, 6) is -1.31. The maximum atomic E-state index is 14.0. The third-order valence-electron chi connectivity index (χ3n) is 4.41. The van der Waals surface area contributed by atoms with Crippen molar-refractivity contribution < 1.29 is 14.0 Å². The van der Waals surface area contributed by atoms with Gasteiger partial charge in [-0.15, -0.1) is 0 Å². The fourth-order valence-electron chi connectivity index (χ4n) is 3.00. The van der Waals surface area contributed by atoms with Gasteiger partial charge in [-0.05, 0) is 36.8 Å². The second-order valence-corrected chi connectivity index (χ2v) is 7.39. The first-order chi connectivity index (χ1) is 12.9. The largest absolute Gasteiger partial charge is 0.337 e. The summed E-state index contributed by atoms with van der Waals surface area (Å²) in [6, 6.07) is 8.86. The molecule has 8 heteroatoms. The second-order valence-electron chi connectivity index (χ2n) is 6.16. The van der Waals surface area contributed by atoms with Gasteiger partial charge in [-0.1, -0.05) is 40.9 Å². The van der Waals surface area contributed by atoms with Crippen molar-refractivity contribution >= 4 is 46.6 Å². The van der Waals surface area contributed by atoms with Crippen molar-refractivity contribution in [2.45, 2.75) is 6.42 Å². The van der Waals surface area contributed by atoms with Crippen LogP contribution >= 0.6 is 34.8 Å². The summed E-state index contributed by atoms with van der Waals surface area (Å²) in [6.07, 6.45) is 0.574. The fourth-order valence-corrected chi connectivity index (χ4v) is 3.54. The van der Waals surface area contributed by atoms with Crippen molar-refractivity contribution in [1.29, 1.82) is 0 Å². The Balaban J connectivity index is 1.72. The Bertz CT molecular complexity index is 871. The lowest BCUT2D eigenvalue weighted by atomic mass is 10.1. The van der Waals surface area contributed by atoms with Crippen LogP contribution in [0.2, 0.25) is 15.1 Å². The number of carbonyl (C=O) groups is 2. The molecular weight excluding hydrogens is 414 g/mol. The minimum absolute atomic E-state index is 0.0768. The van der Waals surface area contributed by atoms with Crippen molar-refractivity contribution in [3.8, 4) is 0 Å². The molecule has 2 amide bonds. The highest BCUT2D eigenvalue weighted by atomic mass is 35.5. The molecule has 0 atom stereocenters. The Kier molecular flexibility index (Phi) is 6.25. The molecule has 1 aliphatic rings. The molecule has 0 bridgehead atoms. The van der Waals surface area contributed by atoms with Gasteiger partial charge in [0.05, 0.1) is 20.6 Å². The summed E-state index contributed by atoms with van der Waals surface area (Å²) in [7, 11) is 0. The molecule has 2 aromatic rings. The molecule has 142 valence electrons. The van der Waals surface area contributed by atoms with Gasteiger partial charge in [-0.25, -0.2) is 4.39 Å². The van der Waals surface area contributed by atoms with E-state index < -0.39 is 11.7 Å². The zero-order valence-electron chi connectivity index (χ0n) is 14.2. The van der Waals surface area contributed by atoms with Gasteiger partial charge in [-0.2, -0.15) is 0 Å². The monoisotopic (exact) mass is 428 g/mol. The number of hydrogen-bond donors (Lipinski definition) is 0. The number of halogens is 4. The molecule has 2 aromatic carbocycles. The zero-order chi connectivity index (χ0) is 19.6. The van der Waals surface area contributed by atoms with Crippen LogP contribution in [0.15, 0.2) is 36.4 Å². The number of nitrogens with zero attached hydrogens (tertiary/aromatic N) is 2. The van der Waals surface area contributed by atoms with Gasteiger partial charge < -0.3 is 9.80 Å². The molecule has 0 saturated carbocycles. The van der Waals surface area contributed by atoms with Crippen LogP contribution in [0.3, 0.4) is 0 Å². The van der Waals surface area contributed by atoms with Crippen LogP contribution < -0.4 is 0 Å². The number of rotatable bonds is 2. The van der Waals surface area contributed by atoms with Crippen LogP contribution in [0.1, 0.15) is 27.1 Å². The number of amides is 2. The topological polar surface area (TPSA) is 40.6 Å². The van der Waals surface area contributed by atoms with E-state index in [0.29, 0.717) is 41.7 Å². The highest BCUT2D eigenvalue weighted by molar-refractivity contribution is 6.42. The lowest BCUT2D eigenvalue weighted by Gasteiger charge is -2.23. The minimum atomic E-state index is -0.652. The molecule has 1 aliphatic heterocycles. The first-order valence-electron chi connectivity index (χ1n) is 8.36. The summed E-state index contributed by atoms with van der Waals surface area (Å²) in [6.45, 7) is 1.51. The van der Waals surface area contributed by atoms with Gasteiger partial charge in [-0.3, -0.25) is 9.59 Å². The molecule has 0 radical (unpaired) electrons. The van der Waals surface area contributed by atoms with E-state index in [9.17, 15) is 14.0 Å². The van der Waals surface area contributed by atoms with Crippen LogP contribution in [0.5, 0.6) is 0 Å². The highest BCUT2D eigenvalue weighted by Crippen LogP contribution is 2.24. The number of benzene rings is 2. The van der Waals surface area contributed by atoms with Crippen LogP contribution in [-0.2, 0) is 0 Å². The minimum Gasteiger partial charge on any atom is -0.337 e. The van der Waals surface area contributed by atoms with E-state index in [1.807, 2.05) is 0 Å². The lowest BCUT2D eigenvalue weighted by molar-refractivity contribution is 0.0716. The van der Waals surface area contributed by atoms with Crippen molar-refractivity contribution in [2.24, 2.45) is 0 Å². The molecule has 0 aliphatic carbocycles. The van der Waals surface area contributed by atoms with E-state index in [1.165, 1.54) is 29.2 Å². The molecule has 27 heavy (non-hydrogen) atoms. The average Bonchev–Trinajstić information content (AvgIpc) is 2.89. The predicted octanol–water partition coefficient (Wildman–Crippen LogP) is 4.77. The van der Waals surface area contributed by atoms with Gasteiger partial charge in [0, 0.05) is 31.7 Å². The Morgan fingerprint density at radius 1 is 0.815 bits per heavy atom. The van der Waals surface area contributed by atoms with Gasteiger partial charge in [0.25, 0.3) is 11.8 Å². The standard InChI is InChI=1S/C19H16Cl3FN2O2/c20-13-6-5-12(11-15(13)22)18(26)24-7-2-8-25(10-9-24)19(27)17-14(21)3-1-4-16(17)23/h1,3-6,11H,2,7-10H2. The Morgan fingerprint density at radius 2 is 1.48 bits per heavy atom. The van der Waals surface area contributed by atoms with E-state index in [2.05, 4.69) is 0 Å². The third-order valence-corrected chi connectivity index (χ3v) is 5.47. The van der Waals surface area contributed by atoms with Crippen molar-refractivity contribution in [1.82, 2.24) is 9.80 Å². The molecule has 0 aromatic heterocycles. The third kappa shape index (κ3) is 4.37. The van der Waals surface area contributed by atoms with E-state index in [1.54, 1.807) is 17.0 Å². The van der Waals surface area contributed by atoms with Crippen molar-refractivity contribution in [3.05, 3.63) is 68.4 Å². The predicted molar refractivity (Wildman–Crippen MR) is 104 cm³/mol. The SMILES string of the molecule is O=C(c1ccc(Cl)c(Cl)c1)N1CCCN(C(=O)c2c(F)cccc2Cl)CC1. The molecule has 3 rings (SSSR count). The van der Waals surface area contributed by atoms with Crippen LogP contribution in [0.4, 0.5) is 4.39 Å². The van der Waals surface area contributed by atoms with Gasteiger partial charge in [0.15, 0.2) is 0 Å². The average molecular weight is 430 g/mol. The zero-order valence-corrected chi connectivity index (χ0v) is 16.5. The molecule has 1 saturated heterocycles. The molecule has 1 fully saturated rings. The van der Waals surface area contributed by atoms with Crippen LogP contribution in [0, 0.1) is 5.82 Å². The molecule has 0 N–H and O–H groups in total. The van der Waals surface area contributed by atoms with Gasteiger partial charge in [0.2, 0.25) is 0 Å². The lowest BCUT2D eigenvalue weighted by Crippen LogP contribution is -2.37. The molecule has 1 heterocycles. The fraction of sp³-hybridized carbons (Fsp3) is 0.263. The number of carbonyl (C=O) groups excluding carboxylic acids is 2. The summed E-state index contributed by atoms with van der Waals surface area (Å²) in [5.41, 5.74) is 0.296. The maximum Gasteiger partial charge on any atom is 0.258 e. The Morgan fingerprint density at radius 3 is 2.11 bits per heavy atom. The second kappa shape index (κ2) is 8.46. The van der Waals surface area contributed by atoms with E-state index in [4.69, 9.17) is 34.8 Å². The molecule has 0 spiro atoms. The van der Waals surface area contributed by atoms with Crippen LogP contribution in [0.25, 0.3) is 0 Å². The highest BCUT2D eigenvalue weighted by Gasteiger charge is 2.26. The summed E-state index contributed by atoms with van der Waals surface area (Å²) < 4.78 is 14.0. The van der Waals surface area contributed by atoms with Crippen LogP contribution in [-0.4, -0.2) is 47.8 Å². The molecule has 0 unspecified atom stereocenters. The van der Waals surface area contributed by atoms with Gasteiger partial charge >= 0.3 is 0 Å². The van der Waals surface area contributed by atoms with Gasteiger partial charge in [0.1, 0.15) is 5.82 Å². The Labute approximate surface area is 171 Å². The summed E-state index contributed by atoms with van der Waals surface area (Å²) >= 11 is 17.9. The van der Waals surface area contributed by atoms with Crippen molar-refractivity contribution in [3.63, 3.8) is 0 Å².